The number of carbonyl (C=O) groups excluding carboxylic acids is 1. The van der Waals surface area contributed by atoms with Crippen molar-refractivity contribution in [1.82, 2.24) is 25.5 Å². The predicted octanol–water partition coefficient (Wildman–Crippen LogP) is 3.82. The van der Waals surface area contributed by atoms with Crippen LogP contribution in [-0.2, 0) is 4.79 Å². The molecule has 0 unspecified atom stereocenters. The zero-order chi connectivity index (χ0) is 19.1. The van der Waals surface area contributed by atoms with Gasteiger partial charge in [-0.3, -0.25) is 4.79 Å². The van der Waals surface area contributed by atoms with Crippen LogP contribution in [0.25, 0.3) is 5.69 Å². The molecule has 0 radical (unpaired) electrons. The first-order valence-electron chi connectivity index (χ1n) is 9.17. The molecule has 1 amide bonds. The van der Waals surface area contributed by atoms with Crippen molar-refractivity contribution < 1.29 is 4.79 Å². The molecule has 0 bridgehead atoms. The molecule has 0 spiro atoms. The lowest BCUT2D eigenvalue weighted by Gasteiger charge is -2.14. The number of hydrogen-bond donors (Lipinski definition) is 1. The van der Waals surface area contributed by atoms with Crippen LogP contribution in [0, 0.1) is 5.92 Å². The summed E-state index contributed by atoms with van der Waals surface area (Å²) in [6, 6.07) is 8.36. The van der Waals surface area contributed by atoms with Crippen LogP contribution in [0.2, 0.25) is 0 Å². The fraction of sp³-hybridized carbons (Fsp3) is 0.579. The molecule has 0 aliphatic rings. The lowest BCUT2D eigenvalue weighted by Crippen LogP contribution is -2.34. The van der Waals surface area contributed by atoms with Gasteiger partial charge in [0, 0.05) is 6.04 Å². The monoisotopic (exact) mass is 375 g/mol. The van der Waals surface area contributed by atoms with E-state index in [1.54, 1.807) is 4.68 Å². The van der Waals surface area contributed by atoms with Crippen molar-refractivity contribution in [2.24, 2.45) is 5.92 Å². The predicted molar refractivity (Wildman–Crippen MR) is 106 cm³/mol. The number of carbonyl (C=O) groups is 1. The molecule has 1 aromatic carbocycles. The van der Waals surface area contributed by atoms with Crippen LogP contribution in [0.4, 0.5) is 0 Å². The van der Waals surface area contributed by atoms with Gasteiger partial charge >= 0.3 is 0 Å². The molecule has 1 heterocycles. The molecule has 0 aliphatic heterocycles. The number of hydrogen-bond acceptors (Lipinski definition) is 5. The first-order chi connectivity index (χ1) is 12.4. The maximum Gasteiger partial charge on any atom is 0.230 e. The maximum atomic E-state index is 12.2. The molecule has 0 saturated carbocycles. The highest BCUT2D eigenvalue weighted by molar-refractivity contribution is 7.99. The van der Waals surface area contributed by atoms with E-state index in [9.17, 15) is 4.79 Å². The summed E-state index contributed by atoms with van der Waals surface area (Å²) in [6.07, 6.45) is 2.10. The molecule has 1 aromatic heterocycles. The van der Waals surface area contributed by atoms with E-state index < -0.39 is 0 Å². The fourth-order valence-corrected chi connectivity index (χ4v) is 3.24. The van der Waals surface area contributed by atoms with Crippen molar-refractivity contribution in [3.8, 4) is 5.69 Å². The second-order valence-corrected chi connectivity index (χ2v) is 8.29. The standard InChI is InChI=1S/C19H29N5OS/c1-13(2)6-7-15(5)20-18(25)12-26-19-21-22-23-24(19)17-10-8-16(9-11-17)14(3)4/h8-11,13-15H,6-7,12H2,1-5H3,(H,20,25)/t15-/m0/s1. The number of thioether (sulfide) groups is 1. The largest absolute Gasteiger partial charge is 0.353 e. The first kappa shape index (κ1) is 20.4. The van der Waals surface area contributed by atoms with Gasteiger partial charge in [-0.15, -0.1) is 5.10 Å². The topological polar surface area (TPSA) is 72.7 Å². The minimum Gasteiger partial charge on any atom is -0.353 e. The third kappa shape index (κ3) is 6.12. The second kappa shape index (κ2) is 9.71. The molecule has 1 N–H and O–H groups in total. The molecule has 142 valence electrons. The number of amides is 1. The second-order valence-electron chi connectivity index (χ2n) is 7.35. The Morgan fingerprint density at radius 2 is 1.81 bits per heavy atom. The minimum atomic E-state index is 0.0101. The third-order valence-electron chi connectivity index (χ3n) is 4.16. The van der Waals surface area contributed by atoms with E-state index in [4.69, 9.17) is 0 Å². The summed E-state index contributed by atoms with van der Waals surface area (Å²) in [6.45, 7) is 10.8. The van der Waals surface area contributed by atoms with Crippen molar-refractivity contribution in [1.29, 1.82) is 0 Å². The van der Waals surface area contributed by atoms with Crippen LogP contribution in [0.1, 0.15) is 58.9 Å². The average Bonchev–Trinajstić information content (AvgIpc) is 3.07. The van der Waals surface area contributed by atoms with Gasteiger partial charge in [0.25, 0.3) is 0 Å². The number of nitrogens with one attached hydrogen (secondary N) is 1. The highest BCUT2D eigenvalue weighted by Crippen LogP contribution is 2.20. The molecule has 0 saturated heterocycles. The van der Waals surface area contributed by atoms with Crippen LogP contribution in [0.15, 0.2) is 29.4 Å². The Morgan fingerprint density at radius 3 is 2.42 bits per heavy atom. The highest BCUT2D eigenvalue weighted by Gasteiger charge is 2.13. The zero-order valence-corrected chi connectivity index (χ0v) is 17.1. The average molecular weight is 376 g/mol. The number of tetrazole rings is 1. The van der Waals surface area contributed by atoms with E-state index in [-0.39, 0.29) is 11.9 Å². The van der Waals surface area contributed by atoms with Gasteiger partial charge in [0.2, 0.25) is 11.1 Å². The Balaban J connectivity index is 1.91. The summed E-state index contributed by atoms with van der Waals surface area (Å²) in [5.41, 5.74) is 2.17. The van der Waals surface area contributed by atoms with Gasteiger partial charge in [-0.1, -0.05) is 51.6 Å². The molecule has 0 aliphatic carbocycles. The van der Waals surface area contributed by atoms with Crippen LogP contribution >= 0.6 is 11.8 Å². The SMILES string of the molecule is CC(C)CC[C@H](C)NC(=O)CSc1nnnn1-c1ccc(C(C)C)cc1. The summed E-state index contributed by atoms with van der Waals surface area (Å²) < 4.78 is 1.67. The van der Waals surface area contributed by atoms with Crippen molar-refractivity contribution in [3.63, 3.8) is 0 Å². The summed E-state index contributed by atoms with van der Waals surface area (Å²) >= 11 is 1.35. The third-order valence-corrected chi connectivity index (χ3v) is 5.08. The number of rotatable bonds is 9. The number of benzene rings is 1. The summed E-state index contributed by atoms with van der Waals surface area (Å²) in [5, 5.41) is 15.5. The van der Waals surface area contributed by atoms with Gasteiger partial charge in [-0.25, -0.2) is 0 Å². The van der Waals surface area contributed by atoms with Gasteiger partial charge in [0.05, 0.1) is 11.4 Å². The highest BCUT2D eigenvalue weighted by atomic mass is 32.2. The van der Waals surface area contributed by atoms with Gasteiger partial charge in [-0.2, -0.15) is 4.68 Å². The Bertz CT molecular complexity index is 696. The molecule has 1 atom stereocenters. The maximum absolute atomic E-state index is 12.2. The Labute approximate surface area is 160 Å². The molecular formula is C19H29N5OS. The molecule has 0 fully saturated rings. The van der Waals surface area contributed by atoms with Crippen LogP contribution < -0.4 is 5.32 Å². The van der Waals surface area contributed by atoms with Crippen LogP contribution in [-0.4, -0.2) is 37.9 Å². The van der Waals surface area contributed by atoms with Crippen molar-refractivity contribution in [2.45, 2.75) is 64.6 Å². The first-order valence-corrected chi connectivity index (χ1v) is 10.2. The van der Waals surface area contributed by atoms with Gasteiger partial charge in [-0.05, 0) is 59.7 Å². The van der Waals surface area contributed by atoms with E-state index in [0.717, 1.165) is 18.5 Å². The van der Waals surface area contributed by atoms with E-state index in [1.165, 1.54) is 17.3 Å². The van der Waals surface area contributed by atoms with E-state index >= 15 is 0 Å². The molecule has 7 heteroatoms. The minimum absolute atomic E-state index is 0.0101. The molecular weight excluding hydrogens is 346 g/mol. The molecule has 6 nitrogen and oxygen atoms in total. The quantitative estimate of drug-likeness (QED) is 0.675. The molecule has 2 rings (SSSR count). The number of nitrogens with zero attached hydrogens (tertiary/aromatic N) is 4. The Kier molecular flexibility index (Phi) is 7.63. The van der Waals surface area contributed by atoms with Crippen LogP contribution in [0.3, 0.4) is 0 Å². The van der Waals surface area contributed by atoms with E-state index in [2.05, 4.69) is 60.7 Å². The van der Waals surface area contributed by atoms with Crippen LogP contribution in [0.5, 0.6) is 0 Å². The van der Waals surface area contributed by atoms with Crippen molar-refractivity contribution in [2.75, 3.05) is 5.75 Å². The molecule has 2 aromatic rings. The summed E-state index contributed by atoms with van der Waals surface area (Å²) in [5.74, 6) is 1.44. The smallest absolute Gasteiger partial charge is 0.230 e. The Morgan fingerprint density at radius 1 is 1.12 bits per heavy atom. The molecule has 26 heavy (non-hydrogen) atoms. The Hall–Kier alpha value is -1.89. The van der Waals surface area contributed by atoms with E-state index in [0.29, 0.717) is 22.7 Å². The zero-order valence-electron chi connectivity index (χ0n) is 16.3. The summed E-state index contributed by atoms with van der Waals surface area (Å²) in [7, 11) is 0. The normalized spacial score (nSPS) is 12.6. The van der Waals surface area contributed by atoms with Gasteiger partial charge in [0.15, 0.2) is 0 Å². The van der Waals surface area contributed by atoms with Gasteiger partial charge in [0.1, 0.15) is 0 Å². The lowest BCUT2D eigenvalue weighted by molar-refractivity contribution is -0.119. The number of aromatic nitrogens is 4. The van der Waals surface area contributed by atoms with Gasteiger partial charge < -0.3 is 5.32 Å². The fourth-order valence-electron chi connectivity index (χ4n) is 2.53. The van der Waals surface area contributed by atoms with E-state index in [1.807, 2.05) is 19.1 Å². The van der Waals surface area contributed by atoms with Crippen molar-refractivity contribution in [3.05, 3.63) is 29.8 Å². The lowest BCUT2D eigenvalue weighted by atomic mass is 10.0. The summed E-state index contributed by atoms with van der Waals surface area (Å²) in [4.78, 5) is 12.2. The van der Waals surface area contributed by atoms with Crippen molar-refractivity contribution >= 4 is 17.7 Å².